The zero-order valence-corrected chi connectivity index (χ0v) is 16.7. The third kappa shape index (κ3) is 4.58. The maximum absolute atomic E-state index is 12.9. The number of rotatable bonds is 5. The van der Waals surface area contributed by atoms with Gasteiger partial charge in [0.25, 0.3) is 15.9 Å². The normalized spacial score (nSPS) is 20.6. The Kier molecular flexibility index (Phi) is 5.79. The van der Waals surface area contributed by atoms with Crippen LogP contribution in [0.25, 0.3) is 0 Å². The van der Waals surface area contributed by atoms with Crippen LogP contribution in [-0.4, -0.2) is 56.8 Å². The third-order valence-electron chi connectivity index (χ3n) is 5.12. The first-order valence-corrected chi connectivity index (χ1v) is 11.1. The van der Waals surface area contributed by atoms with Crippen molar-refractivity contribution in [2.45, 2.75) is 24.0 Å². The van der Waals surface area contributed by atoms with E-state index in [0.717, 1.165) is 12.8 Å². The molecule has 1 aromatic heterocycles. The SMILES string of the molecule is O=C(c1ccc(S(=O)(=O)Nc2ccncc2)cc1)N1CCCC(C2OCCO2)C1. The van der Waals surface area contributed by atoms with Crippen LogP contribution < -0.4 is 4.72 Å². The van der Waals surface area contributed by atoms with Gasteiger partial charge in [-0.3, -0.25) is 14.5 Å². The first-order chi connectivity index (χ1) is 14.0. The molecule has 8 nitrogen and oxygen atoms in total. The number of piperidine rings is 1. The van der Waals surface area contributed by atoms with E-state index in [9.17, 15) is 13.2 Å². The molecule has 2 fully saturated rings. The minimum atomic E-state index is -3.74. The number of hydrogen-bond donors (Lipinski definition) is 1. The van der Waals surface area contributed by atoms with Gasteiger partial charge in [-0.1, -0.05) is 0 Å². The minimum Gasteiger partial charge on any atom is -0.350 e. The van der Waals surface area contributed by atoms with Gasteiger partial charge in [-0.05, 0) is 49.2 Å². The lowest BCUT2D eigenvalue weighted by atomic mass is 9.96. The number of nitrogens with zero attached hydrogens (tertiary/aromatic N) is 2. The zero-order valence-electron chi connectivity index (χ0n) is 15.9. The summed E-state index contributed by atoms with van der Waals surface area (Å²) in [4.78, 5) is 18.6. The number of hydrogen-bond acceptors (Lipinski definition) is 6. The fourth-order valence-corrected chi connectivity index (χ4v) is 4.72. The molecule has 2 aromatic rings. The van der Waals surface area contributed by atoms with Gasteiger partial charge >= 0.3 is 0 Å². The Morgan fingerprint density at radius 1 is 1.07 bits per heavy atom. The van der Waals surface area contributed by atoms with Crippen LogP contribution in [0.1, 0.15) is 23.2 Å². The van der Waals surface area contributed by atoms with Gasteiger partial charge in [-0.15, -0.1) is 0 Å². The zero-order chi connectivity index (χ0) is 20.3. The highest BCUT2D eigenvalue weighted by molar-refractivity contribution is 7.92. The molecule has 29 heavy (non-hydrogen) atoms. The van der Waals surface area contributed by atoms with Crippen LogP contribution in [0.3, 0.4) is 0 Å². The Hall–Kier alpha value is -2.49. The molecule has 154 valence electrons. The van der Waals surface area contributed by atoms with Gasteiger partial charge in [0, 0.05) is 37.0 Å². The van der Waals surface area contributed by atoms with Gasteiger partial charge in [0.1, 0.15) is 0 Å². The van der Waals surface area contributed by atoms with E-state index in [1.54, 1.807) is 29.2 Å². The number of amides is 1. The topological polar surface area (TPSA) is 97.8 Å². The molecule has 2 aliphatic heterocycles. The molecule has 2 aliphatic rings. The van der Waals surface area contributed by atoms with E-state index in [2.05, 4.69) is 9.71 Å². The van der Waals surface area contributed by atoms with Crippen LogP contribution in [0.5, 0.6) is 0 Å². The molecule has 0 radical (unpaired) electrons. The van der Waals surface area contributed by atoms with Crippen molar-refractivity contribution >= 4 is 21.6 Å². The minimum absolute atomic E-state index is 0.0927. The smallest absolute Gasteiger partial charge is 0.261 e. The summed E-state index contributed by atoms with van der Waals surface area (Å²) < 4.78 is 38.7. The summed E-state index contributed by atoms with van der Waals surface area (Å²) in [6.07, 6.45) is 4.63. The average Bonchev–Trinajstić information content (AvgIpc) is 3.29. The van der Waals surface area contributed by atoms with Crippen LogP contribution in [0.2, 0.25) is 0 Å². The van der Waals surface area contributed by atoms with Crippen molar-refractivity contribution in [2.75, 3.05) is 31.0 Å². The number of sulfonamides is 1. The van der Waals surface area contributed by atoms with Crippen LogP contribution in [0.4, 0.5) is 5.69 Å². The van der Waals surface area contributed by atoms with Crippen LogP contribution >= 0.6 is 0 Å². The van der Waals surface area contributed by atoms with E-state index in [1.807, 2.05) is 0 Å². The average molecular weight is 417 g/mol. The Balaban J connectivity index is 1.43. The number of likely N-dealkylation sites (tertiary alicyclic amines) is 1. The summed E-state index contributed by atoms with van der Waals surface area (Å²) >= 11 is 0. The van der Waals surface area contributed by atoms with Gasteiger partial charge in [-0.25, -0.2) is 8.42 Å². The van der Waals surface area contributed by atoms with E-state index >= 15 is 0 Å². The van der Waals surface area contributed by atoms with Crippen LogP contribution in [-0.2, 0) is 19.5 Å². The van der Waals surface area contributed by atoms with E-state index in [1.165, 1.54) is 24.5 Å². The first kappa shape index (κ1) is 19.8. The van der Waals surface area contributed by atoms with Crippen molar-refractivity contribution in [1.29, 1.82) is 0 Å². The molecule has 1 unspecified atom stereocenters. The first-order valence-electron chi connectivity index (χ1n) is 9.58. The van der Waals surface area contributed by atoms with Gasteiger partial charge < -0.3 is 14.4 Å². The molecule has 2 saturated heterocycles. The quantitative estimate of drug-likeness (QED) is 0.800. The van der Waals surface area contributed by atoms with Crippen molar-refractivity contribution in [3.05, 3.63) is 54.4 Å². The summed E-state index contributed by atoms with van der Waals surface area (Å²) in [6, 6.07) is 9.13. The molecule has 1 aromatic carbocycles. The summed E-state index contributed by atoms with van der Waals surface area (Å²) in [7, 11) is -3.74. The Labute approximate surface area is 169 Å². The van der Waals surface area contributed by atoms with Crippen molar-refractivity contribution in [3.8, 4) is 0 Å². The number of carbonyl (C=O) groups is 1. The summed E-state index contributed by atoms with van der Waals surface area (Å²) in [5.41, 5.74) is 0.887. The number of ether oxygens (including phenoxy) is 2. The molecule has 0 spiro atoms. The number of aromatic nitrogens is 1. The second kappa shape index (κ2) is 8.48. The molecule has 3 heterocycles. The third-order valence-corrected chi connectivity index (χ3v) is 6.52. The monoisotopic (exact) mass is 417 g/mol. The van der Waals surface area contributed by atoms with Gasteiger partial charge in [0.15, 0.2) is 6.29 Å². The molecular weight excluding hydrogens is 394 g/mol. The van der Waals surface area contributed by atoms with E-state index < -0.39 is 10.0 Å². The Morgan fingerprint density at radius 3 is 2.45 bits per heavy atom. The molecule has 1 amide bonds. The summed E-state index contributed by atoms with van der Waals surface area (Å²) in [6.45, 7) is 2.44. The predicted octanol–water partition coefficient (Wildman–Crippen LogP) is 2.11. The summed E-state index contributed by atoms with van der Waals surface area (Å²) in [5.74, 6) is 0.0538. The van der Waals surface area contributed by atoms with Gasteiger partial charge in [-0.2, -0.15) is 0 Å². The van der Waals surface area contributed by atoms with E-state index in [-0.39, 0.29) is 23.0 Å². The molecule has 0 saturated carbocycles. The molecule has 0 bridgehead atoms. The van der Waals surface area contributed by atoms with Crippen LogP contribution in [0.15, 0.2) is 53.7 Å². The highest BCUT2D eigenvalue weighted by atomic mass is 32.2. The van der Waals surface area contributed by atoms with Gasteiger partial charge in [0.2, 0.25) is 0 Å². The Bertz CT molecular complexity index is 944. The van der Waals surface area contributed by atoms with E-state index in [0.29, 0.717) is 37.6 Å². The molecule has 9 heteroatoms. The second-order valence-corrected chi connectivity index (χ2v) is 8.81. The highest BCUT2D eigenvalue weighted by Crippen LogP contribution is 2.26. The standard InChI is InChI=1S/C20H23N3O5S/c24-19(23-11-1-2-16(14-23)20-27-12-13-28-20)15-3-5-18(6-4-15)29(25,26)22-17-7-9-21-10-8-17/h3-10,16,20H,1-2,11-14H2,(H,21,22). The highest BCUT2D eigenvalue weighted by Gasteiger charge is 2.33. The Morgan fingerprint density at radius 2 is 1.76 bits per heavy atom. The van der Waals surface area contributed by atoms with Crippen molar-refractivity contribution < 1.29 is 22.7 Å². The lowest BCUT2D eigenvalue weighted by Crippen LogP contribution is -2.43. The van der Waals surface area contributed by atoms with Crippen LogP contribution in [0, 0.1) is 5.92 Å². The van der Waals surface area contributed by atoms with Gasteiger partial charge in [0.05, 0.1) is 23.8 Å². The number of nitrogens with one attached hydrogen (secondary N) is 1. The molecule has 1 N–H and O–H groups in total. The van der Waals surface area contributed by atoms with E-state index in [4.69, 9.17) is 9.47 Å². The van der Waals surface area contributed by atoms with Crippen molar-refractivity contribution in [1.82, 2.24) is 9.88 Å². The lowest BCUT2D eigenvalue weighted by Gasteiger charge is -2.34. The largest absolute Gasteiger partial charge is 0.350 e. The number of benzene rings is 1. The maximum atomic E-state index is 12.9. The fraction of sp³-hybridized carbons (Fsp3) is 0.400. The maximum Gasteiger partial charge on any atom is 0.261 e. The number of anilines is 1. The summed E-state index contributed by atoms with van der Waals surface area (Å²) in [5, 5.41) is 0. The molecule has 0 aliphatic carbocycles. The van der Waals surface area contributed by atoms with Crippen molar-refractivity contribution in [2.24, 2.45) is 5.92 Å². The number of carbonyl (C=O) groups excluding carboxylic acids is 1. The second-order valence-electron chi connectivity index (χ2n) is 7.13. The molecule has 1 atom stereocenters. The predicted molar refractivity (Wildman–Crippen MR) is 106 cm³/mol. The fourth-order valence-electron chi connectivity index (χ4n) is 3.66. The van der Waals surface area contributed by atoms with Crippen molar-refractivity contribution in [3.63, 3.8) is 0 Å². The molecular formula is C20H23N3O5S. The number of pyridine rings is 1. The lowest BCUT2D eigenvalue weighted by molar-refractivity contribution is -0.0969. The molecule has 4 rings (SSSR count).